The lowest BCUT2D eigenvalue weighted by Gasteiger charge is -1.94. The van der Waals surface area contributed by atoms with E-state index in [9.17, 15) is 4.79 Å². The molecule has 0 saturated carbocycles. The van der Waals surface area contributed by atoms with E-state index in [2.05, 4.69) is 21.8 Å². The van der Waals surface area contributed by atoms with Gasteiger partial charge in [0.15, 0.2) is 11.0 Å². The average molecular weight is 212 g/mol. The highest BCUT2D eigenvalue weighted by atomic mass is 35.5. The number of halogens is 1. The van der Waals surface area contributed by atoms with Crippen LogP contribution in [0.5, 0.6) is 0 Å². The van der Waals surface area contributed by atoms with Gasteiger partial charge >= 0.3 is 5.97 Å². The highest BCUT2D eigenvalue weighted by Crippen LogP contribution is 2.11. The van der Waals surface area contributed by atoms with Gasteiger partial charge in [0.1, 0.15) is 12.1 Å². The number of nitrogens with zero attached hydrogens (tertiary/aromatic N) is 2. The van der Waals surface area contributed by atoms with E-state index in [0.29, 0.717) is 5.69 Å². The fraction of sp³-hybridized carbons (Fsp3) is 0.125. The number of anilines is 1. The Morgan fingerprint density at radius 2 is 2.43 bits per heavy atom. The highest BCUT2D eigenvalue weighted by molar-refractivity contribution is 6.31. The van der Waals surface area contributed by atoms with Crippen LogP contribution in [0.3, 0.4) is 0 Å². The van der Waals surface area contributed by atoms with Crippen LogP contribution in [-0.2, 0) is 4.79 Å². The van der Waals surface area contributed by atoms with Crippen molar-refractivity contribution in [3.8, 4) is 11.8 Å². The lowest BCUT2D eigenvalue weighted by Crippen LogP contribution is -1.95. The van der Waals surface area contributed by atoms with Crippen molar-refractivity contribution in [3.05, 3.63) is 17.0 Å². The molecule has 0 amide bonds. The zero-order valence-electron chi connectivity index (χ0n) is 6.99. The first-order valence-electron chi connectivity index (χ1n) is 3.58. The number of carboxylic acid groups (broad SMARTS) is 1. The Hall–Kier alpha value is -1.80. The second kappa shape index (κ2) is 4.44. The van der Waals surface area contributed by atoms with Crippen molar-refractivity contribution in [1.82, 2.24) is 9.97 Å². The number of hydrogen-bond acceptors (Lipinski definition) is 4. The molecule has 0 saturated heterocycles. The first-order chi connectivity index (χ1) is 6.59. The highest BCUT2D eigenvalue weighted by Gasteiger charge is 1.98. The third-order valence-electron chi connectivity index (χ3n) is 1.21. The molecular weight excluding hydrogens is 206 g/mol. The Morgan fingerprint density at radius 1 is 1.71 bits per heavy atom. The molecular formula is C8H6ClN3O2. The molecule has 0 aliphatic heterocycles. The lowest BCUT2D eigenvalue weighted by atomic mass is 10.4. The van der Waals surface area contributed by atoms with E-state index >= 15 is 0 Å². The molecule has 1 heterocycles. The third-order valence-corrected chi connectivity index (χ3v) is 1.49. The van der Waals surface area contributed by atoms with Gasteiger partial charge in [-0.15, -0.1) is 0 Å². The number of hydrogen-bond donors (Lipinski definition) is 2. The fourth-order valence-corrected chi connectivity index (χ4v) is 0.786. The van der Waals surface area contributed by atoms with Gasteiger partial charge in [-0.25, -0.2) is 9.97 Å². The molecule has 0 aromatic carbocycles. The van der Waals surface area contributed by atoms with Gasteiger partial charge in [-0.05, 0) is 5.92 Å². The molecule has 0 radical (unpaired) electrons. The fourth-order valence-electron chi connectivity index (χ4n) is 0.646. The Kier molecular flexibility index (Phi) is 3.26. The summed E-state index contributed by atoms with van der Waals surface area (Å²) in [5, 5.41) is 8.37. The van der Waals surface area contributed by atoms with Crippen molar-refractivity contribution < 1.29 is 9.90 Å². The molecule has 6 heteroatoms. The van der Waals surface area contributed by atoms with E-state index in [1.54, 1.807) is 0 Å². The summed E-state index contributed by atoms with van der Waals surface area (Å²) in [4.78, 5) is 17.6. The number of carboxylic acids is 1. The molecule has 72 valence electrons. The molecule has 3 N–H and O–H groups in total. The molecule has 1 aromatic rings. The van der Waals surface area contributed by atoms with Crippen LogP contribution < -0.4 is 5.73 Å². The van der Waals surface area contributed by atoms with E-state index in [1.807, 2.05) is 0 Å². The molecule has 0 aliphatic rings. The minimum absolute atomic E-state index is 0.0622. The van der Waals surface area contributed by atoms with Gasteiger partial charge in [-0.3, -0.25) is 4.79 Å². The molecule has 1 aromatic heterocycles. The van der Waals surface area contributed by atoms with Crippen molar-refractivity contribution in [3.63, 3.8) is 0 Å². The summed E-state index contributed by atoms with van der Waals surface area (Å²) in [6.45, 7) is 0. The van der Waals surface area contributed by atoms with Crippen molar-refractivity contribution in [2.45, 2.75) is 6.42 Å². The van der Waals surface area contributed by atoms with Crippen LogP contribution in [0, 0.1) is 11.8 Å². The maximum Gasteiger partial charge on any atom is 0.315 e. The third kappa shape index (κ3) is 2.92. The predicted octanol–water partition coefficient (Wildman–Crippen LogP) is 0.538. The minimum Gasteiger partial charge on any atom is -0.481 e. The number of nitrogen functional groups attached to an aromatic ring is 1. The zero-order valence-corrected chi connectivity index (χ0v) is 7.75. The number of nitrogens with two attached hydrogens (primary N) is 1. The van der Waals surface area contributed by atoms with E-state index in [4.69, 9.17) is 22.4 Å². The first kappa shape index (κ1) is 10.3. The van der Waals surface area contributed by atoms with Crippen LogP contribution >= 0.6 is 11.6 Å². The van der Waals surface area contributed by atoms with Crippen LogP contribution in [0.1, 0.15) is 12.1 Å². The van der Waals surface area contributed by atoms with Crippen LogP contribution in [0.15, 0.2) is 6.20 Å². The second-order valence-electron chi connectivity index (χ2n) is 2.30. The lowest BCUT2D eigenvalue weighted by molar-refractivity contribution is -0.135. The largest absolute Gasteiger partial charge is 0.481 e. The van der Waals surface area contributed by atoms with Gasteiger partial charge in [-0.1, -0.05) is 17.5 Å². The molecule has 0 spiro atoms. The number of aromatic nitrogens is 2. The number of carbonyl (C=O) groups is 1. The Labute approximate surface area is 84.9 Å². The predicted molar refractivity (Wildman–Crippen MR) is 50.6 cm³/mol. The van der Waals surface area contributed by atoms with Crippen LogP contribution in [0.2, 0.25) is 5.15 Å². The van der Waals surface area contributed by atoms with Crippen molar-refractivity contribution in [2.75, 3.05) is 5.73 Å². The topological polar surface area (TPSA) is 89.1 Å². The van der Waals surface area contributed by atoms with Crippen molar-refractivity contribution in [1.29, 1.82) is 0 Å². The Morgan fingerprint density at radius 3 is 3.00 bits per heavy atom. The molecule has 0 aliphatic carbocycles. The van der Waals surface area contributed by atoms with Gasteiger partial charge in [0, 0.05) is 0 Å². The Bertz CT molecular complexity index is 422. The van der Waals surface area contributed by atoms with Gasteiger partial charge in [0.25, 0.3) is 0 Å². The quantitative estimate of drug-likeness (QED) is 0.662. The van der Waals surface area contributed by atoms with Gasteiger partial charge in [-0.2, -0.15) is 0 Å². The first-order valence-corrected chi connectivity index (χ1v) is 3.96. The maximum absolute atomic E-state index is 10.1. The second-order valence-corrected chi connectivity index (χ2v) is 2.66. The summed E-state index contributed by atoms with van der Waals surface area (Å²) in [7, 11) is 0. The summed E-state index contributed by atoms with van der Waals surface area (Å²) < 4.78 is 0. The molecule has 0 fully saturated rings. The van der Waals surface area contributed by atoms with Crippen molar-refractivity contribution in [2.24, 2.45) is 0 Å². The molecule has 5 nitrogen and oxygen atoms in total. The average Bonchev–Trinajstić information content (AvgIpc) is 2.10. The van der Waals surface area contributed by atoms with Gasteiger partial charge in [0.2, 0.25) is 0 Å². The summed E-state index contributed by atoms with van der Waals surface area (Å²) in [6.07, 6.45) is 1.08. The molecule has 0 unspecified atom stereocenters. The van der Waals surface area contributed by atoms with Crippen molar-refractivity contribution >= 4 is 23.4 Å². The summed E-state index contributed by atoms with van der Waals surface area (Å²) in [5.41, 5.74) is 5.61. The summed E-state index contributed by atoms with van der Waals surface area (Å²) >= 11 is 5.57. The monoisotopic (exact) mass is 211 g/mol. The smallest absolute Gasteiger partial charge is 0.315 e. The minimum atomic E-state index is -0.994. The summed E-state index contributed by atoms with van der Waals surface area (Å²) in [6, 6.07) is 0. The molecule has 0 bridgehead atoms. The van der Waals surface area contributed by atoms with Crippen LogP contribution in [0.25, 0.3) is 0 Å². The van der Waals surface area contributed by atoms with Crippen LogP contribution in [0.4, 0.5) is 5.82 Å². The molecule has 0 atom stereocenters. The zero-order chi connectivity index (χ0) is 10.6. The molecule has 14 heavy (non-hydrogen) atoms. The van der Waals surface area contributed by atoms with Gasteiger partial charge in [0.05, 0.1) is 6.20 Å². The van der Waals surface area contributed by atoms with E-state index in [0.717, 1.165) is 0 Å². The van der Waals surface area contributed by atoms with Gasteiger partial charge < -0.3 is 10.8 Å². The standard InChI is InChI=1S/C8H6ClN3O2/c9-7-8(10)11-4-5(12-7)2-1-3-6(13)14/h4H,3H2,(H2,10,11)(H,13,14). The Balaban J connectivity index is 2.81. The maximum atomic E-state index is 10.1. The van der Waals surface area contributed by atoms with E-state index in [-0.39, 0.29) is 17.4 Å². The number of aliphatic carboxylic acids is 1. The molecule has 1 rings (SSSR count). The summed E-state index contributed by atoms with van der Waals surface area (Å²) in [5.74, 6) is 4.02. The SMILES string of the molecule is Nc1ncc(C#CCC(=O)O)nc1Cl. The van der Waals surface area contributed by atoms with Crippen LogP contribution in [-0.4, -0.2) is 21.0 Å². The normalized spacial score (nSPS) is 8.93. The number of rotatable bonds is 1. The van der Waals surface area contributed by atoms with E-state index in [1.165, 1.54) is 6.20 Å². The van der Waals surface area contributed by atoms with E-state index < -0.39 is 5.97 Å².